The normalized spacial score (nSPS) is 11.2. The van der Waals surface area contributed by atoms with Gasteiger partial charge >= 0.3 is 0 Å². The summed E-state index contributed by atoms with van der Waals surface area (Å²) >= 11 is 6.52. The lowest BCUT2D eigenvalue weighted by atomic mass is 10.2. The lowest BCUT2D eigenvalue weighted by Crippen LogP contribution is -2.18. The fraction of sp³-hybridized carbons (Fsp3) is 0. The van der Waals surface area contributed by atoms with E-state index in [4.69, 9.17) is 4.42 Å². The number of rotatable bonds is 3. The number of hydrogen-bond donors (Lipinski definition) is 1. The second kappa shape index (κ2) is 6.41. The summed E-state index contributed by atoms with van der Waals surface area (Å²) in [6, 6.07) is 12.8. The van der Waals surface area contributed by atoms with E-state index in [1.54, 1.807) is 12.1 Å². The van der Waals surface area contributed by atoms with Crippen molar-refractivity contribution >= 4 is 54.9 Å². The number of hydrogen-bond acceptors (Lipinski definition) is 4. The zero-order valence-electron chi connectivity index (χ0n) is 11.1. The average Bonchev–Trinajstić information content (AvgIpc) is 2.85. The molecule has 0 saturated heterocycles. The Balaban J connectivity index is 1.72. The molecule has 5 nitrogen and oxygen atoms in total. The number of para-hydroxylation sites is 1. The Bertz CT molecular complexity index is 855. The van der Waals surface area contributed by atoms with Gasteiger partial charge in [-0.15, -0.1) is 0 Å². The topological polar surface area (TPSA) is 67.5 Å². The van der Waals surface area contributed by atoms with Gasteiger partial charge in [-0.05, 0) is 44.0 Å². The SMILES string of the molecule is O=C(NN=Cc1cc(Br)c(Br)o1)c1ccc2ccccc2n1. The lowest BCUT2D eigenvalue weighted by Gasteiger charge is -2.01. The Morgan fingerprint density at radius 2 is 2.05 bits per heavy atom. The van der Waals surface area contributed by atoms with Gasteiger partial charge in [0.2, 0.25) is 0 Å². The number of carbonyl (C=O) groups is 1. The van der Waals surface area contributed by atoms with Crippen molar-refractivity contribution in [1.29, 1.82) is 0 Å². The molecule has 0 aliphatic rings. The minimum Gasteiger partial charge on any atom is -0.447 e. The van der Waals surface area contributed by atoms with E-state index in [0.717, 1.165) is 15.4 Å². The van der Waals surface area contributed by atoms with Crippen LogP contribution in [0.3, 0.4) is 0 Å². The van der Waals surface area contributed by atoms with Crippen molar-refractivity contribution in [3.8, 4) is 0 Å². The fourth-order valence-electron chi connectivity index (χ4n) is 1.83. The summed E-state index contributed by atoms with van der Waals surface area (Å²) in [5.41, 5.74) is 3.48. The van der Waals surface area contributed by atoms with Gasteiger partial charge < -0.3 is 4.42 Å². The fourth-order valence-corrected chi connectivity index (χ4v) is 2.44. The summed E-state index contributed by atoms with van der Waals surface area (Å²) in [5.74, 6) is 0.122. The van der Waals surface area contributed by atoms with Crippen LogP contribution in [0.1, 0.15) is 16.2 Å². The van der Waals surface area contributed by atoms with E-state index in [0.29, 0.717) is 16.1 Å². The lowest BCUT2D eigenvalue weighted by molar-refractivity contribution is 0.0950. The highest BCUT2D eigenvalue weighted by molar-refractivity contribution is 9.13. The molecular formula is C15H9Br2N3O2. The molecule has 0 unspecified atom stereocenters. The number of nitrogens with zero attached hydrogens (tertiary/aromatic N) is 2. The maximum atomic E-state index is 12.0. The van der Waals surface area contributed by atoms with E-state index in [1.807, 2.05) is 30.3 Å². The Hall–Kier alpha value is -1.99. The number of aromatic nitrogens is 1. The average molecular weight is 423 g/mol. The number of amides is 1. The second-order valence-electron chi connectivity index (χ2n) is 4.36. The molecule has 3 aromatic rings. The number of fused-ring (bicyclic) bond motifs is 1. The summed E-state index contributed by atoms with van der Waals surface area (Å²) in [6.07, 6.45) is 1.41. The molecule has 0 radical (unpaired) electrons. The van der Waals surface area contributed by atoms with Crippen LogP contribution >= 0.6 is 31.9 Å². The molecule has 0 aliphatic heterocycles. The first-order chi connectivity index (χ1) is 10.6. The predicted molar refractivity (Wildman–Crippen MR) is 90.9 cm³/mol. The molecule has 0 atom stereocenters. The van der Waals surface area contributed by atoms with Crippen molar-refractivity contribution in [2.24, 2.45) is 5.10 Å². The maximum absolute atomic E-state index is 12.0. The molecule has 2 aromatic heterocycles. The summed E-state index contributed by atoms with van der Waals surface area (Å²) in [7, 11) is 0. The first kappa shape index (κ1) is 14.9. The van der Waals surface area contributed by atoms with Gasteiger partial charge in [-0.2, -0.15) is 5.10 Å². The molecule has 22 heavy (non-hydrogen) atoms. The van der Waals surface area contributed by atoms with Gasteiger partial charge in [-0.25, -0.2) is 10.4 Å². The molecule has 0 spiro atoms. The van der Waals surface area contributed by atoms with Crippen molar-refractivity contribution in [3.05, 3.63) is 63.1 Å². The Labute approximate surface area is 142 Å². The van der Waals surface area contributed by atoms with Crippen molar-refractivity contribution in [1.82, 2.24) is 10.4 Å². The highest BCUT2D eigenvalue weighted by Gasteiger charge is 2.07. The molecule has 2 heterocycles. The van der Waals surface area contributed by atoms with E-state index < -0.39 is 0 Å². The van der Waals surface area contributed by atoms with Crippen LogP contribution in [0.5, 0.6) is 0 Å². The molecule has 1 N–H and O–H groups in total. The van der Waals surface area contributed by atoms with Gasteiger partial charge in [0.25, 0.3) is 5.91 Å². The Kier molecular flexibility index (Phi) is 4.35. The van der Waals surface area contributed by atoms with Crippen LogP contribution in [0.4, 0.5) is 0 Å². The first-order valence-corrected chi connectivity index (χ1v) is 7.86. The molecular weight excluding hydrogens is 414 g/mol. The van der Waals surface area contributed by atoms with E-state index in [-0.39, 0.29) is 5.91 Å². The van der Waals surface area contributed by atoms with Crippen molar-refractivity contribution in [3.63, 3.8) is 0 Å². The van der Waals surface area contributed by atoms with Gasteiger partial charge in [0, 0.05) is 11.5 Å². The molecule has 0 saturated carbocycles. The third kappa shape index (κ3) is 3.26. The van der Waals surface area contributed by atoms with Crippen molar-refractivity contribution in [2.45, 2.75) is 0 Å². The van der Waals surface area contributed by atoms with E-state index >= 15 is 0 Å². The number of carbonyl (C=O) groups excluding carboxylic acids is 1. The van der Waals surface area contributed by atoms with E-state index in [9.17, 15) is 4.79 Å². The van der Waals surface area contributed by atoms with Crippen LogP contribution in [0, 0.1) is 0 Å². The first-order valence-electron chi connectivity index (χ1n) is 6.27. The van der Waals surface area contributed by atoms with Crippen LogP contribution in [-0.2, 0) is 0 Å². The van der Waals surface area contributed by atoms with E-state index in [2.05, 4.69) is 47.4 Å². The molecule has 0 fully saturated rings. The summed E-state index contributed by atoms with van der Waals surface area (Å²) in [4.78, 5) is 16.3. The maximum Gasteiger partial charge on any atom is 0.289 e. The molecule has 7 heteroatoms. The number of nitrogens with one attached hydrogen (secondary N) is 1. The molecule has 1 aromatic carbocycles. The van der Waals surface area contributed by atoms with Gasteiger partial charge in [-0.1, -0.05) is 24.3 Å². The number of benzene rings is 1. The van der Waals surface area contributed by atoms with Gasteiger partial charge in [-0.3, -0.25) is 4.79 Å². The minimum absolute atomic E-state index is 0.303. The third-order valence-corrected chi connectivity index (χ3v) is 4.56. The van der Waals surface area contributed by atoms with Crippen LogP contribution in [0.2, 0.25) is 0 Å². The Morgan fingerprint density at radius 3 is 2.82 bits per heavy atom. The van der Waals surface area contributed by atoms with Crippen molar-refractivity contribution < 1.29 is 9.21 Å². The smallest absolute Gasteiger partial charge is 0.289 e. The highest BCUT2D eigenvalue weighted by atomic mass is 79.9. The van der Waals surface area contributed by atoms with Crippen LogP contribution in [0.15, 0.2) is 61.1 Å². The van der Waals surface area contributed by atoms with Crippen molar-refractivity contribution in [2.75, 3.05) is 0 Å². The standard InChI is InChI=1S/C15H9Br2N3O2/c16-11-7-10(22-14(11)17)8-18-20-15(21)13-6-5-9-3-1-2-4-12(9)19-13/h1-8H,(H,20,21). The zero-order valence-corrected chi connectivity index (χ0v) is 14.3. The molecule has 0 aliphatic carbocycles. The highest BCUT2D eigenvalue weighted by Crippen LogP contribution is 2.25. The van der Waals surface area contributed by atoms with Gasteiger partial charge in [0.1, 0.15) is 11.5 Å². The Morgan fingerprint density at radius 1 is 1.23 bits per heavy atom. The number of halogens is 2. The minimum atomic E-state index is -0.383. The summed E-state index contributed by atoms with van der Waals surface area (Å²) in [5, 5.41) is 4.83. The summed E-state index contributed by atoms with van der Waals surface area (Å²) in [6.45, 7) is 0. The molecule has 110 valence electrons. The zero-order chi connectivity index (χ0) is 15.5. The quantitative estimate of drug-likeness (QED) is 0.510. The third-order valence-electron chi connectivity index (χ3n) is 2.85. The largest absolute Gasteiger partial charge is 0.447 e. The van der Waals surface area contributed by atoms with Gasteiger partial charge in [0.05, 0.1) is 16.2 Å². The monoisotopic (exact) mass is 421 g/mol. The second-order valence-corrected chi connectivity index (χ2v) is 5.93. The number of furan rings is 1. The number of hydrazone groups is 1. The van der Waals surface area contributed by atoms with Crippen LogP contribution < -0.4 is 5.43 Å². The molecule has 1 amide bonds. The van der Waals surface area contributed by atoms with Gasteiger partial charge in [0.15, 0.2) is 4.67 Å². The molecule has 0 bridgehead atoms. The summed E-state index contributed by atoms with van der Waals surface area (Å²) < 4.78 is 6.65. The molecule has 3 rings (SSSR count). The van der Waals surface area contributed by atoms with E-state index in [1.165, 1.54) is 6.21 Å². The van der Waals surface area contributed by atoms with Crippen LogP contribution in [0.25, 0.3) is 10.9 Å². The number of pyridine rings is 1. The van der Waals surface area contributed by atoms with Crippen LogP contribution in [-0.4, -0.2) is 17.1 Å². The predicted octanol–water partition coefficient (Wildman–Crippen LogP) is 4.12.